The summed E-state index contributed by atoms with van der Waals surface area (Å²) in [6.07, 6.45) is 1.75. The molecule has 3 nitrogen and oxygen atoms in total. The van der Waals surface area contributed by atoms with Crippen LogP contribution in [0.4, 0.5) is 0 Å². The lowest BCUT2D eigenvalue weighted by molar-refractivity contribution is 0.0710. The van der Waals surface area contributed by atoms with Gasteiger partial charge in [0.15, 0.2) is 0 Å². The quantitative estimate of drug-likeness (QED) is 0.412. The average Bonchev–Trinajstić information content (AvgIpc) is 1.64. The number of aliphatic hydroxyl groups excluding tert-OH is 1. The topological polar surface area (TPSA) is 49.5 Å². The first-order valence-corrected chi connectivity index (χ1v) is 2.97. The number of hydrogen-bond donors (Lipinski definition) is 2. The molecule has 0 aromatic rings. The van der Waals surface area contributed by atoms with Crippen LogP contribution in [0.1, 0.15) is 12.8 Å². The lowest BCUT2D eigenvalue weighted by atomic mass is 10.1. The average molecular weight is 116 g/mol. The van der Waals surface area contributed by atoms with Gasteiger partial charge in [0.25, 0.3) is 0 Å². The van der Waals surface area contributed by atoms with Crippen LogP contribution in [0, 0.1) is 0 Å². The molecule has 1 saturated heterocycles. The molecular formula is C5H12N2O. The molecule has 1 heterocycles. The zero-order valence-corrected chi connectivity index (χ0v) is 4.88. The SMILES string of the molecule is NN1CCCC(O)C1. The second kappa shape index (κ2) is 2.44. The summed E-state index contributed by atoms with van der Waals surface area (Å²) in [6, 6.07) is 0. The highest BCUT2D eigenvalue weighted by Gasteiger charge is 2.13. The van der Waals surface area contributed by atoms with Crippen LogP contribution in [0.15, 0.2) is 0 Å². The molecule has 8 heavy (non-hydrogen) atoms. The van der Waals surface area contributed by atoms with Crippen LogP contribution in [0.25, 0.3) is 0 Å². The van der Waals surface area contributed by atoms with Gasteiger partial charge in [-0.1, -0.05) is 0 Å². The van der Waals surface area contributed by atoms with Crippen molar-refractivity contribution in [3.05, 3.63) is 0 Å². The number of β-amino-alcohol motifs (C(OH)–C–C–N with tert-alkyl or cyclic N) is 1. The molecule has 0 bridgehead atoms. The van der Waals surface area contributed by atoms with E-state index in [1.54, 1.807) is 5.01 Å². The fraction of sp³-hybridized carbons (Fsp3) is 1.00. The van der Waals surface area contributed by atoms with Crippen LogP contribution in [0.2, 0.25) is 0 Å². The van der Waals surface area contributed by atoms with Gasteiger partial charge < -0.3 is 5.11 Å². The Kier molecular flexibility index (Phi) is 1.83. The molecule has 0 aromatic carbocycles. The van der Waals surface area contributed by atoms with Gasteiger partial charge in [-0.15, -0.1) is 0 Å². The summed E-state index contributed by atoms with van der Waals surface area (Å²) < 4.78 is 0. The minimum absolute atomic E-state index is 0.186. The molecule has 0 spiro atoms. The first kappa shape index (κ1) is 6.01. The van der Waals surface area contributed by atoms with Crippen molar-refractivity contribution in [1.29, 1.82) is 0 Å². The zero-order chi connectivity index (χ0) is 5.98. The van der Waals surface area contributed by atoms with Crippen molar-refractivity contribution in [2.45, 2.75) is 18.9 Å². The third kappa shape index (κ3) is 1.43. The first-order valence-electron chi connectivity index (χ1n) is 2.97. The number of hydrazine groups is 1. The van der Waals surface area contributed by atoms with Crippen molar-refractivity contribution >= 4 is 0 Å². The maximum atomic E-state index is 8.96. The van der Waals surface area contributed by atoms with Crippen LogP contribution in [0.3, 0.4) is 0 Å². The van der Waals surface area contributed by atoms with E-state index in [1.165, 1.54) is 0 Å². The molecule has 0 amide bonds. The molecule has 0 aromatic heterocycles. The molecule has 1 atom stereocenters. The number of nitrogens with zero attached hydrogens (tertiary/aromatic N) is 1. The van der Waals surface area contributed by atoms with Gasteiger partial charge in [-0.2, -0.15) is 0 Å². The number of piperidine rings is 1. The van der Waals surface area contributed by atoms with E-state index < -0.39 is 0 Å². The predicted octanol–water partition coefficient (Wildman–Crippen LogP) is -0.683. The van der Waals surface area contributed by atoms with Crippen LogP contribution >= 0.6 is 0 Å². The van der Waals surface area contributed by atoms with E-state index >= 15 is 0 Å². The van der Waals surface area contributed by atoms with Crippen LogP contribution in [0.5, 0.6) is 0 Å². The number of hydrogen-bond acceptors (Lipinski definition) is 3. The van der Waals surface area contributed by atoms with Gasteiger partial charge >= 0.3 is 0 Å². The number of aliphatic hydroxyl groups is 1. The summed E-state index contributed by atoms with van der Waals surface area (Å²) in [5, 5.41) is 10.6. The third-order valence-electron chi connectivity index (χ3n) is 1.43. The summed E-state index contributed by atoms with van der Waals surface area (Å²) in [6.45, 7) is 1.57. The molecule has 48 valence electrons. The lowest BCUT2D eigenvalue weighted by Crippen LogP contribution is -2.42. The highest BCUT2D eigenvalue weighted by molar-refractivity contribution is 4.66. The van der Waals surface area contributed by atoms with Crippen molar-refractivity contribution in [2.75, 3.05) is 13.1 Å². The molecule has 1 rings (SSSR count). The van der Waals surface area contributed by atoms with Crippen molar-refractivity contribution in [2.24, 2.45) is 5.84 Å². The van der Waals surface area contributed by atoms with E-state index in [-0.39, 0.29) is 6.10 Å². The Labute approximate surface area is 49.1 Å². The van der Waals surface area contributed by atoms with Crippen molar-refractivity contribution in [3.63, 3.8) is 0 Å². The Balaban J connectivity index is 2.23. The molecule has 0 radical (unpaired) electrons. The van der Waals surface area contributed by atoms with E-state index in [0.29, 0.717) is 6.54 Å². The van der Waals surface area contributed by atoms with Gasteiger partial charge in [0.1, 0.15) is 0 Å². The molecule has 0 saturated carbocycles. The zero-order valence-electron chi connectivity index (χ0n) is 4.88. The fourth-order valence-corrected chi connectivity index (χ4v) is 0.983. The van der Waals surface area contributed by atoms with Gasteiger partial charge in [-0.3, -0.25) is 5.84 Å². The third-order valence-corrected chi connectivity index (χ3v) is 1.43. The van der Waals surface area contributed by atoms with Gasteiger partial charge in [-0.25, -0.2) is 5.01 Å². The van der Waals surface area contributed by atoms with Crippen LogP contribution in [-0.4, -0.2) is 29.3 Å². The molecule has 0 aliphatic carbocycles. The maximum Gasteiger partial charge on any atom is 0.0681 e. The second-order valence-electron chi connectivity index (χ2n) is 2.29. The Morgan fingerprint density at radius 2 is 2.38 bits per heavy atom. The van der Waals surface area contributed by atoms with E-state index in [4.69, 9.17) is 10.9 Å². The minimum Gasteiger partial charge on any atom is -0.392 e. The molecule has 1 aliphatic rings. The van der Waals surface area contributed by atoms with E-state index in [9.17, 15) is 0 Å². The summed E-state index contributed by atoms with van der Waals surface area (Å²) in [5.74, 6) is 5.40. The summed E-state index contributed by atoms with van der Waals surface area (Å²) in [7, 11) is 0. The van der Waals surface area contributed by atoms with E-state index in [0.717, 1.165) is 19.4 Å². The molecule has 1 unspecified atom stereocenters. The Morgan fingerprint density at radius 3 is 2.75 bits per heavy atom. The Hall–Kier alpha value is -0.120. The first-order chi connectivity index (χ1) is 3.79. The second-order valence-corrected chi connectivity index (χ2v) is 2.29. The highest BCUT2D eigenvalue weighted by atomic mass is 16.3. The largest absolute Gasteiger partial charge is 0.392 e. The maximum absolute atomic E-state index is 8.96. The Morgan fingerprint density at radius 1 is 1.62 bits per heavy atom. The molecular weight excluding hydrogens is 104 g/mol. The predicted molar refractivity (Wildman–Crippen MR) is 31.0 cm³/mol. The van der Waals surface area contributed by atoms with E-state index in [1.807, 2.05) is 0 Å². The molecule has 3 heteroatoms. The summed E-state index contributed by atoms with van der Waals surface area (Å²) in [5.41, 5.74) is 0. The summed E-state index contributed by atoms with van der Waals surface area (Å²) >= 11 is 0. The van der Waals surface area contributed by atoms with Gasteiger partial charge in [-0.05, 0) is 12.8 Å². The molecule has 1 fully saturated rings. The minimum atomic E-state index is -0.186. The standard InChI is InChI=1S/C5H12N2O/c6-7-3-1-2-5(8)4-7/h5,8H,1-4,6H2. The van der Waals surface area contributed by atoms with E-state index in [2.05, 4.69) is 0 Å². The summed E-state index contributed by atoms with van der Waals surface area (Å²) in [4.78, 5) is 0. The molecule has 1 aliphatic heterocycles. The number of nitrogens with two attached hydrogens (primary N) is 1. The van der Waals surface area contributed by atoms with Crippen LogP contribution in [-0.2, 0) is 0 Å². The van der Waals surface area contributed by atoms with Crippen LogP contribution < -0.4 is 5.84 Å². The van der Waals surface area contributed by atoms with Crippen molar-refractivity contribution in [3.8, 4) is 0 Å². The molecule has 3 N–H and O–H groups in total. The lowest BCUT2D eigenvalue weighted by Gasteiger charge is -2.25. The number of rotatable bonds is 0. The van der Waals surface area contributed by atoms with Gasteiger partial charge in [0.05, 0.1) is 6.10 Å². The highest BCUT2D eigenvalue weighted by Crippen LogP contribution is 2.04. The smallest absolute Gasteiger partial charge is 0.0681 e. The fourth-order valence-electron chi connectivity index (χ4n) is 0.983. The van der Waals surface area contributed by atoms with Gasteiger partial charge in [0, 0.05) is 13.1 Å². The normalized spacial score (nSPS) is 33.0. The Bertz CT molecular complexity index is 68.8. The van der Waals surface area contributed by atoms with Gasteiger partial charge in [0.2, 0.25) is 0 Å². The van der Waals surface area contributed by atoms with Crippen molar-refractivity contribution in [1.82, 2.24) is 5.01 Å². The monoisotopic (exact) mass is 116 g/mol. The van der Waals surface area contributed by atoms with Crippen molar-refractivity contribution < 1.29 is 5.11 Å².